The molecule has 0 saturated heterocycles. The van der Waals surface area contributed by atoms with E-state index in [1.807, 2.05) is 0 Å². The van der Waals surface area contributed by atoms with Crippen molar-refractivity contribution in [3.63, 3.8) is 0 Å². The maximum atomic E-state index is 12.0. The van der Waals surface area contributed by atoms with E-state index < -0.39 is 5.97 Å². The molecule has 2 rings (SSSR count). The topological polar surface area (TPSA) is 74.6 Å². The minimum absolute atomic E-state index is 0. The van der Waals surface area contributed by atoms with Crippen LogP contribution in [0.4, 0.5) is 0 Å². The molecule has 5 heteroatoms. The molecular weight excluding hydrogens is 331 g/mol. The Hall–Kier alpha value is -1.34. The maximum absolute atomic E-state index is 12.0. The van der Waals surface area contributed by atoms with Gasteiger partial charge in [-0.05, 0) is 28.8 Å². The number of allylic oxidation sites excluding steroid dienone is 1. The Morgan fingerprint density at radius 1 is 0.833 bits per heavy atom. The van der Waals surface area contributed by atoms with E-state index in [1.54, 1.807) is 54.6 Å². The molecular formula is C19H17KO4. The molecule has 0 bridgehead atoms. The fourth-order valence-electron chi connectivity index (χ4n) is 1.93. The molecule has 0 saturated carbocycles. The van der Waals surface area contributed by atoms with Gasteiger partial charge in [-0.1, -0.05) is 54.6 Å². The molecule has 0 spiro atoms. The van der Waals surface area contributed by atoms with Crippen LogP contribution in [-0.4, -0.2) is 73.4 Å². The molecule has 0 heterocycles. The van der Waals surface area contributed by atoms with E-state index in [1.165, 1.54) is 12.2 Å². The van der Waals surface area contributed by atoms with E-state index in [4.69, 9.17) is 10.2 Å². The number of aliphatic hydroxyl groups excluding tert-OH is 1. The van der Waals surface area contributed by atoms with Crippen LogP contribution >= 0.6 is 0 Å². The second-order valence-electron chi connectivity index (χ2n) is 4.89. The molecule has 0 atom stereocenters. The molecule has 0 fully saturated rings. The Kier molecular flexibility index (Phi) is 9.06. The number of aliphatic hydroxyl groups is 1. The van der Waals surface area contributed by atoms with E-state index >= 15 is 0 Å². The third-order valence-electron chi connectivity index (χ3n) is 3.20. The van der Waals surface area contributed by atoms with Gasteiger partial charge in [0.05, 0.1) is 6.61 Å². The van der Waals surface area contributed by atoms with E-state index in [2.05, 4.69) is 0 Å². The number of aliphatic carboxylic acids is 1. The van der Waals surface area contributed by atoms with Gasteiger partial charge in [-0.2, -0.15) is 0 Å². The monoisotopic (exact) mass is 348 g/mol. The van der Waals surface area contributed by atoms with Crippen LogP contribution in [0.1, 0.15) is 27.0 Å². The minimum atomic E-state index is -0.994. The number of carbonyl (C=O) groups is 2. The summed E-state index contributed by atoms with van der Waals surface area (Å²) in [6.07, 6.45) is 5.76. The van der Waals surface area contributed by atoms with Crippen LogP contribution in [0.25, 0.3) is 12.2 Å². The molecule has 118 valence electrons. The molecule has 0 amide bonds. The first-order chi connectivity index (χ1) is 11.1. The van der Waals surface area contributed by atoms with Crippen LogP contribution in [0.15, 0.2) is 60.7 Å². The zero-order chi connectivity index (χ0) is 16.7. The van der Waals surface area contributed by atoms with Crippen LogP contribution in [0.2, 0.25) is 0 Å². The number of hydrogen-bond acceptors (Lipinski definition) is 3. The summed E-state index contributed by atoms with van der Waals surface area (Å²) in [6.45, 7) is -0.0486. The van der Waals surface area contributed by atoms with Gasteiger partial charge < -0.3 is 10.2 Å². The Morgan fingerprint density at radius 3 is 1.79 bits per heavy atom. The van der Waals surface area contributed by atoms with Crippen molar-refractivity contribution in [2.45, 2.75) is 6.61 Å². The van der Waals surface area contributed by atoms with Crippen molar-refractivity contribution in [1.82, 2.24) is 0 Å². The van der Waals surface area contributed by atoms with Crippen molar-refractivity contribution < 1.29 is 19.8 Å². The molecule has 0 radical (unpaired) electrons. The summed E-state index contributed by atoms with van der Waals surface area (Å²) >= 11 is 0. The number of carboxylic acids is 1. The quantitative estimate of drug-likeness (QED) is 0.478. The van der Waals surface area contributed by atoms with E-state index in [0.717, 1.165) is 22.8 Å². The Bertz CT molecular complexity index is 744. The van der Waals surface area contributed by atoms with Gasteiger partial charge in [-0.25, -0.2) is 4.79 Å². The van der Waals surface area contributed by atoms with Crippen molar-refractivity contribution in [3.05, 3.63) is 82.9 Å². The zero-order valence-corrected chi connectivity index (χ0v) is 12.3. The molecule has 2 N–H and O–H groups in total. The normalized spacial score (nSPS) is 10.7. The van der Waals surface area contributed by atoms with E-state index in [0.29, 0.717) is 5.56 Å². The summed E-state index contributed by atoms with van der Waals surface area (Å²) in [4.78, 5) is 22.5. The van der Waals surface area contributed by atoms with Gasteiger partial charge >= 0.3 is 57.4 Å². The van der Waals surface area contributed by atoms with Crippen LogP contribution < -0.4 is 0 Å². The Morgan fingerprint density at radius 2 is 1.33 bits per heavy atom. The molecule has 0 aromatic heterocycles. The number of ketones is 1. The van der Waals surface area contributed by atoms with Crippen LogP contribution in [0.3, 0.4) is 0 Å². The molecule has 2 aromatic carbocycles. The van der Waals surface area contributed by atoms with Gasteiger partial charge in [0.15, 0.2) is 5.78 Å². The summed E-state index contributed by atoms with van der Waals surface area (Å²) in [6, 6.07) is 13.9. The van der Waals surface area contributed by atoms with Crippen molar-refractivity contribution in [2.24, 2.45) is 0 Å². The molecule has 0 aliphatic rings. The molecule has 0 aliphatic heterocycles. The first-order valence-corrected chi connectivity index (χ1v) is 7.02. The van der Waals surface area contributed by atoms with Crippen molar-refractivity contribution >= 4 is 75.3 Å². The summed E-state index contributed by atoms with van der Waals surface area (Å²) < 4.78 is 0. The number of benzene rings is 2. The number of rotatable bonds is 6. The van der Waals surface area contributed by atoms with Gasteiger partial charge in [-0.3, -0.25) is 4.79 Å². The fraction of sp³-hybridized carbons (Fsp3) is 0.0526. The SMILES string of the molecule is O=C(O)/C=C/c1ccc(/C=C/C(=O)c2ccc(CO)cc2)cc1.[KH]. The Labute approximate surface area is 182 Å². The number of hydrogen-bond donors (Lipinski definition) is 2. The van der Waals surface area contributed by atoms with Gasteiger partial charge in [0.2, 0.25) is 0 Å². The first kappa shape index (κ1) is 20.7. The van der Waals surface area contributed by atoms with Crippen molar-refractivity contribution in [3.8, 4) is 0 Å². The molecule has 0 aliphatic carbocycles. The van der Waals surface area contributed by atoms with E-state index in [9.17, 15) is 9.59 Å². The number of carboxylic acid groups (broad SMARTS) is 1. The predicted octanol–water partition coefficient (Wildman–Crippen LogP) is 2.52. The van der Waals surface area contributed by atoms with Crippen molar-refractivity contribution in [1.29, 1.82) is 0 Å². The van der Waals surface area contributed by atoms with Crippen LogP contribution in [0.5, 0.6) is 0 Å². The van der Waals surface area contributed by atoms with Gasteiger partial charge in [-0.15, -0.1) is 0 Å². The van der Waals surface area contributed by atoms with Crippen LogP contribution in [-0.2, 0) is 11.4 Å². The van der Waals surface area contributed by atoms with Gasteiger partial charge in [0.1, 0.15) is 0 Å². The van der Waals surface area contributed by atoms with Crippen molar-refractivity contribution in [2.75, 3.05) is 0 Å². The zero-order valence-electron chi connectivity index (χ0n) is 12.3. The standard InChI is InChI=1S/C19H16O4.K.H/c20-13-16-5-9-17(10-6-16)18(21)11-7-14-1-3-15(4-2-14)8-12-19(22)23;;/h1-12,20H,13H2,(H,22,23);;/b11-7+,12-8+;;. The third-order valence-corrected chi connectivity index (χ3v) is 3.20. The summed E-state index contributed by atoms with van der Waals surface area (Å²) in [5, 5.41) is 17.5. The summed E-state index contributed by atoms with van der Waals surface area (Å²) in [5.41, 5.74) is 2.93. The van der Waals surface area contributed by atoms with Crippen LogP contribution in [0, 0.1) is 0 Å². The summed E-state index contributed by atoms with van der Waals surface area (Å²) in [5.74, 6) is -1.11. The fourth-order valence-corrected chi connectivity index (χ4v) is 1.93. The average molecular weight is 348 g/mol. The molecule has 0 unspecified atom stereocenters. The van der Waals surface area contributed by atoms with Gasteiger partial charge in [0, 0.05) is 11.6 Å². The third kappa shape index (κ3) is 6.64. The molecule has 4 nitrogen and oxygen atoms in total. The number of carbonyl (C=O) groups excluding carboxylic acids is 1. The second kappa shape index (κ2) is 10.5. The molecule has 24 heavy (non-hydrogen) atoms. The molecule has 2 aromatic rings. The second-order valence-corrected chi connectivity index (χ2v) is 4.89. The van der Waals surface area contributed by atoms with Gasteiger partial charge in [0.25, 0.3) is 0 Å². The first-order valence-electron chi connectivity index (χ1n) is 7.02. The summed E-state index contributed by atoms with van der Waals surface area (Å²) in [7, 11) is 0. The predicted molar refractivity (Wildman–Crippen MR) is 96.0 cm³/mol. The van der Waals surface area contributed by atoms with E-state index in [-0.39, 0.29) is 63.8 Å². The average Bonchev–Trinajstić information content (AvgIpc) is 2.58. The Balaban J connectivity index is 0.00000288.